The van der Waals surface area contributed by atoms with E-state index in [-0.39, 0.29) is 30.3 Å². The van der Waals surface area contributed by atoms with Gasteiger partial charge in [0, 0.05) is 23.4 Å². The van der Waals surface area contributed by atoms with Crippen LogP contribution in [0.25, 0.3) is 0 Å². The number of benzene rings is 1. The molecule has 0 saturated heterocycles. The van der Waals surface area contributed by atoms with Gasteiger partial charge < -0.3 is 10.2 Å². The van der Waals surface area contributed by atoms with Crippen molar-refractivity contribution in [2.75, 3.05) is 6.54 Å². The number of nitrogens with one attached hydrogen (secondary N) is 1. The van der Waals surface area contributed by atoms with E-state index in [1.54, 1.807) is 23.5 Å². The summed E-state index contributed by atoms with van der Waals surface area (Å²) in [6.45, 7) is 4.32. The predicted molar refractivity (Wildman–Crippen MR) is 105 cm³/mol. The summed E-state index contributed by atoms with van der Waals surface area (Å²) in [6.07, 6.45) is 2.04. The number of amides is 2. The molecule has 2 atom stereocenters. The minimum absolute atomic E-state index is 0.0717. The number of carbonyl (C=O) groups is 2. The molecule has 0 aliphatic carbocycles. The Kier molecular flexibility index (Phi) is 5.99. The number of fused-ring (bicyclic) bond motifs is 1. The molecule has 6 heteroatoms. The highest BCUT2D eigenvalue weighted by atomic mass is 35.5. The molecule has 26 heavy (non-hydrogen) atoms. The van der Waals surface area contributed by atoms with Crippen LogP contribution in [0.4, 0.5) is 0 Å². The number of halogens is 1. The lowest BCUT2D eigenvalue weighted by atomic mass is 9.96. The molecule has 4 nitrogen and oxygen atoms in total. The third kappa shape index (κ3) is 4.10. The molecule has 2 aromatic rings. The summed E-state index contributed by atoms with van der Waals surface area (Å²) in [7, 11) is 0. The summed E-state index contributed by atoms with van der Waals surface area (Å²) in [5, 5.41) is 5.64. The van der Waals surface area contributed by atoms with Gasteiger partial charge in [-0.3, -0.25) is 9.59 Å². The molecule has 1 aliphatic rings. The standard InChI is InChI=1S/C20H23ClN2O2S/c1-3-18-16-9-11-26-19(16)8-10-23(18)20(25)12-17(22-13(2)24)14-4-6-15(21)7-5-14/h4-7,9,11,17-18H,3,8,10,12H2,1-2H3,(H,22,24)/t17-,18+/m0/s1. The van der Waals surface area contributed by atoms with Gasteiger partial charge in [0.15, 0.2) is 0 Å². The summed E-state index contributed by atoms with van der Waals surface area (Å²) in [5.74, 6) is -0.0778. The second-order valence-electron chi connectivity index (χ2n) is 6.57. The number of hydrogen-bond acceptors (Lipinski definition) is 3. The van der Waals surface area contributed by atoms with E-state index in [4.69, 9.17) is 11.6 Å². The zero-order chi connectivity index (χ0) is 18.7. The van der Waals surface area contributed by atoms with Gasteiger partial charge in [-0.25, -0.2) is 0 Å². The van der Waals surface area contributed by atoms with Gasteiger partial charge in [0.05, 0.1) is 18.5 Å². The molecular formula is C20H23ClN2O2S. The number of thiophene rings is 1. The van der Waals surface area contributed by atoms with Crippen molar-refractivity contribution in [1.29, 1.82) is 0 Å². The van der Waals surface area contributed by atoms with Crippen LogP contribution in [0.15, 0.2) is 35.7 Å². The minimum Gasteiger partial charge on any atom is -0.349 e. The Bertz CT molecular complexity index is 787. The van der Waals surface area contributed by atoms with Gasteiger partial charge in [-0.15, -0.1) is 11.3 Å². The predicted octanol–water partition coefficient (Wildman–Crippen LogP) is 4.50. The molecule has 0 bridgehead atoms. The van der Waals surface area contributed by atoms with Crippen LogP contribution in [0.2, 0.25) is 5.02 Å². The molecule has 1 N–H and O–H groups in total. The molecular weight excluding hydrogens is 368 g/mol. The minimum atomic E-state index is -0.348. The molecule has 0 fully saturated rings. The Morgan fingerprint density at radius 1 is 1.31 bits per heavy atom. The Morgan fingerprint density at radius 2 is 2.04 bits per heavy atom. The Balaban J connectivity index is 1.79. The van der Waals surface area contributed by atoms with Crippen LogP contribution in [-0.2, 0) is 16.0 Å². The van der Waals surface area contributed by atoms with Crippen molar-refractivity contribution < 1.29 is 9.59 Å². The zero-order valence-electron chi connectivity index (χ0n) is 15.0. The highest BCUT2D eigenvalue weighted by Crippen LogP contribution is 2.36. The second kappa shape index (κ2) is 8.23. The molecule has 1 aromatic heterocycles. The van der Waals surface area contributed by atoms with Gasteiger partial charge in [-0.2, -0.15) is 0 Å². The van der Waals surface area contributed by atoms with Crippen molar-refractivity contribution in [3.8, 4) is 0 Å². The molecule has 0 unspecified atom stereocenters. The van der Waals surface area contributed by atoms with E-state index in [0.29, 0.717) is 5.02 Å². The van der Waals surface area contributed by atoms with Gasteiger partial charge in [-0.1, -0.05) is 30.7 Å². The van der Waals surface area contributed by atoms with Crippen molar-refractivity contribution in [2.24, 2.45) is 0 Å². The largest absolute Gasteiger partial charge is 0.349 e. The van der Waals surface area contributed by atoms with Crippen LogP contribution in [0, 0.1) is 0 Å². The topological polar surface area (TPSA) is 49.4 Å². The first-order chi connectivity index (χ1) is 12.5. The van der Waals surface area contributed by atoms with E-state index >= 15 is 0 Å². The van der Waals surface area contributed by atoms with Gasteiger partial charge in [0.25, 0.3) is 0 Å². The third-order valence-electron chi connectivity index (χ3n) is 4.83. The van der Waals surface area contributed by atoms with Gasteiger partial charge >= 0.3 is 0 Å². The number of rotatable bonds is 5. The molecule has 0 spiro atoms. The molecule has 3 rings (SSSR count). The first kappa shape index (κ1) is 18.9. The van der Waals surface area contributed by atoms with E-state index in [0.717, 1.165) is 24.9 Å². The quantitative estimate of drug-likeness (QED) is 0.816. The maximum absolute atomic E-state index is 13.1. The SMILES string of the molecule is CC[C@@H]1c2ccsc2CCN1C(=O)C[C@H](NC(C)=O)c1ccc(Cl)cc1. The van der Waals surface area contributed by atoms with Crippen LogP contribution in [0.3, 0.4) is 0 Å². The maximum atomic E-state index is 13.1. The van der Waals surface area contributed by atoms with Crippen molar-refractivity contribution in [3.63, 3.8) is 0 Å². The smallest absolute Gasteiger partial charge is 0.225 e. The highest BCUT2D eigenvalue weighted by Gasteiger charge is 2.31. The van der Waals surface area contributed by atoms with E-state index < -0.39 is 0 Å². The van der Waals surface area contributed by atoms with Crippen LogP contribution in [0.1, 0.15) is 54.8 Å². The Labute approximate surface area is 163 Å². The lowest BCUT2D eigenvalue weighted by Gasteiger charge is -2.36. The lowest BCUT2D eigenvalue weighted by Crippen LogP contribution is -2.41. The summed E-state index contributed by atoms with van der Waals surface area (Å²) in [4.78, 5) is 28.1. The summed E-state index contributed by atoms with van der Waals surface area (Å²) < 4.78 is 0. The molecule has 2 heterocycles. The van der Waals surface area contributed by atoms with Crippen molar-refractivity contribution >= 4 is 34.8 Å². The van der Waals surface area contributed by atoms with Gasteiger partial charge in [0.1, 0.15) is 0 Å². The van der Waals surface area contributed by atoms with Crippen LogP contribution in [-0.4, -0.2) is 23.3 Å². The molecule has 0 radical (unpaired) electrons. The van der Waals surface area contributed by atoms with Gasteiger partial charge in [0.2, 0.25) is 11.8 Å². The van der Waals surface area contributed by atoms with Crippen LogP contribution in [0.5, 0.6) is 0 Å². The fourth-order valence-corrected chi connectivity index (χ4v) is 4.67. The van der Waals surface area contributed by atoms with Crippen molar-refractivity contribution in [2.45, 2.75) is 45.2 Å². The van der Waals surface area contributed by atoms with Crippen LogP contribution >= 0.6 is 22.9 Å². The first-order valence-corrected chi connectivity index (χ1v) is 10.1. The number of nitrogens with zero attached hydrogens (tertiary/aromatic N) is 1. The Hall–Kier alpha value is -1.85. The zero-order valence-corrected chi connectivity index (χ0v) is 16.6. The molecule has 138 valence electrons. The average Bonchev–Trinajstić information content (AvgIpc) is 3.09. The van der Waals surface area contributed by atoms with E-state index in [1.807, 2.05) is 17.0 Å². The first-order valence-electron chi connectivity index (χ1n) is 8.88. The fraction of sp³-hybridized carbons (Fsp3) is 0.400. The van der Waals surface area contributed by atoms with E-state index in [9.17, 15) is 9.59 Å². The van der Waals surface area contributed by atoms with Crippen molar-refractivity contribution in [1.82, 2.24) is 10.2 Å². The normalized spacial score (nSPS) is 17.5. The van der Waals surface area contributed by atoms with E-state index in [1.165, 1.54) is 17.4 Å². The summed E-state index contributed by atoms with van der Waals surface area (Å²) in [6, 6.07) is 9.20. The monoisotopic (exact) mass is 390 g/mol. The van der Waals surface area contributed by atoms with Gasteiger partial charge in [-0.05, 0) is 47.5 Å². The molecule has 1 aliphatic heterocycles. The number of hydrogen-bond donors (Lipinski definition) is 1. The van der Waals surface area contributed by atoms with E-state index in [2.05, 4.69) is 23.7 Å². The van der Waals surface area contributed by atoms with Crippen molar-refractivity contribution in [3.05, 3.63) is 56.7 Å². The lowest BCUT2D eigenvalue weighted by molar-refractivity contribution is -0.135. The summed E-state index contributed by atoms with van der Waals surface area (Å²) >= 11 is 7.73. The average molecular weight is 391 g/mol. The highest BCUT2D eigenvalue weighted by molar-refractivity contribution is 7.10. The summed E-state index contributed by atoms with van der Waals surface area (Å²) in [5.41, 5.74) is 2.17. The number of carbonyl (C=O) groups excluding carboxylic acids is 2. The second-order valence-corrected chi connectivity index (χ2v) is 8.01. The molecule has 2 amide bonds. The maximum Gasteiger partial charge on any atom is 0.225 e. The molecule has 1 aromatic carbocycles. The molecule has 0 saturated carbocycles. The Morgan fingerprint density at radius 3 is 2.69 bits per heavy atom. The fourth-order valence-electron chi connectivity index (χ4n) is 3.62. The third-order valence-corrected chi connectivity index (χ3v) is 6.08. The van der Waals surface area contributed by atoms with Crippen LogP contribution < -0.4 is 5.32 Å².